The Labute approximate surface area is 93.4 Å². The standard InChI is InChI=1S/C12H11NO3/c1-8(10(7-13)12(14)15)9-5-3-4-6-11(9)16-2/h3-6H,1-2H3,(H,14,15). The van der Waals surface area contributed by atoms with Gasteiger partial charge in [-0.1, -0.05) is 18.2 Å². The van der Waals surface area contributed by atoms with Gasteiger partial charge < -0.3 is 9.84 Å². The molecule has 0 spiro atoms. The first-order valence-corrected chi connectivity index (χ1v) is 4.59. The second-order valence-electron chi connectivity index (χ2n) is 3.12. The van der Waals surface area contributed by atoms with E-state index in [0.29, 0.717) is 16.9 Å². The van der Waals surface area contributed by atoms with Gasteiger partial charge in [0.2, 0.25) is 0 Å². The van der Waals surface area contributed by atoms with E-state index < -0.39 is 5.97 Å². The van der Waals surface area contributed by atoms with E-state index in [1.807, 2.05) is 0 Å². The van der Waals surface area contributed by atoms with Crippen LogP contribution >= 0.6 is 0 Å². The lowest BCUT2D eigenvalue weighted by Gasteiger charge is -2.08. The molecule has 4 nitrogen and oxygen atoms in total. The Bertz CT molecular complexity index is 483. The highest BCUT2D eigenvalue weighted by atomic mass is 16.5. The van der Waals surface area contributed by atoms with Crippen LogP contribution in [0.2, 0.25) is 0 Å². The molecule has 82 valence electrons. The molecule has 0 aliphatic heterocycles. The summed E-state index contributed by atoms with van der Waals surface area (Å²) in [5.74, 6) is -0.681. The van der Waals surface area contributed by atoms with Crippen molar-refractivity contribution in [3.63, 3.8) is 0 Å². The van der Waals surface area contributed by atoms with Gasteiger partial charge in [-0.3, -0.25) is 0 Å². The maximum Gasteiger partial charge on any atom is 0.346 e. The first-order valence-electron chi connectivity index (χ1n) is 4.59. The lowest BCUT2D eigenvalue weighted by molar-refractivity contribution is -0.132. The number of carbonyl (C=O) groups is 1. The zero-order chi connectivity index (χ0) is 12.1. The smallest absolute Gasteiger partial charge is 0.346 e. The number of rotatable bonds is 3. The number of para-hydroxylation sites is 1. The molecule has 1 rings (SSSR count). The molecule has 0 heterocycles. The molecule has 1 aromatic carbocycles. The molecule has 0 aliphatic rings. The van der Waals surface area contributed by atoms with Gasteiger partial charge in [-0.25, -0.2) is 4.79 Å². The summed E-state index contributed by atoms with van der Waals surface area (Å²) in [5.41, 5.74) is 0.737. The summed E-state index contributed by atoms with van der Waals surface area (Å²) in [4.78, 5) is 10.8. The van der Waals surface area contributed by atoms with E-state index in [1.54, 1.807) is 37.3 Å². The third-order valence-corrected chi connectivity index (χ3v) is 2.21. The number of benzene rings is 1. The molecule has 1 aromatic rings. The van der Waals surface area contributed by atoms with Gasteiger partial charge in [0.05, 0.1) is 7.11 Å². The summed E-state index contributed by atoms with van der Waals surface area (Å²) in [7, 11) is 1.50. The number of hydrogen-bond acceptors (Lipinski definition) is 3. The molecule has 0 amide bonds. The maximum atomic E-state index is 10.8. The molecule has 0 bridgehead atoms. The van der Waals surface area contributed by atoms with Crippen LogP contribution in [0, 0.1) is 11.3 Å². The van der Waals surface area contributed by atoms with E-state index in [4.69, 9.17) is 15.1 Å². The number of hydrogen-bond donors (Lipinski definition) is 1. The molecule has 0 aromatic heterocycles. The fraction of sp³-hybridized carbons (Fsp3) is 0.167. The van der Waals surface area contributed by atoms with Crippen LogP contribution in [0.25, 0.3) is 5.57 Å². The average molecular weight is 217 g/mol. The molecule has 0 saturated heterocycles. The van der Waals surface area contributed by atoms with Gasteiger partial charge in [0, 0.05) is 5.56 Å². The van der Waals surface area contributed by atoms with Crippen molar-refractivity contribution in [2.75, 3.05) is 7.11 Å². The summed E-state index contributed by atoms with van der Waals surface area (Å²) in [5, 5.41) is 17.6. The Balaban J connectivity index is 3.39. The Morgan fingerprint density at radius 1 is 1.44 bits per heavy atom. The number of nitriles is 1. The van der Waals surface area contributed by atoms with Crippen LogP contribution in [-0.4, -0.2) is 18.2 Å². The maximum absolute atomic E-state index is 10.8. The number of ether oxygens (including phenoxy) is 1. The van der Waals surface area contributed by atoms with Crippen molar-refractivity contribution in [2.24, 2.45) is 0 Å². The van der Waals surface area contributed by atoms with Crippen molar-refractivity contribution < 1.29 is 14.6 Å². The number of methoxy groups -OCH3 is 1. The first kappa shape index (κ1) is 11.8. The van der Waals surface area contributed by atoms with E-state index in [2.05, 4.69) is 0 Å². The lowest BCUT2D eigenvalue weighted by Crippen LogP contribution is -2.01. The quantitative estimate of drug-likeness (QED) is 0.621. The zero-order valence-corrected chi connectivity index (χ0v) is 9.02. The van der Waals surface area contributed by atoms with Gasteiger partial charge >= 0.3 is 5.97 Å². The van der Waals surface area contributed by atoms with Crippen LogP contribution in [-0.2, 0) is 4.79 Å². The van der Waals surface area contributed by atoms with Gasteiger partial charge in [0.15, 0.2) is 0 Å². The van der Waals surface area contributed by atoms with E-state index in [9.17, 15) is 4.79 Å². The fourth-order valence-corrected chi connectivity index (χ4v) is 1.38. The Hall–Kier alpha value is -2.28. The molecule has 0 fully saturated rings. The molecular weight excluding hydrogens is 206 g/mol. The van der Waals surface area contributed by atoms with Crippen molar-refractivity contribution in [3.05, 3.63) is 35.4 Å². The number of aliphatic carboxylic acids is 1. The molecule has 0 saturated carbocycles. The highest BCUT2D eigenvalue weighted by Crippen LogP contribution is 2.27. The lowest BCUT2D eigenvalue weighted by atomic mass is 10.0. The predicted octanol–water partition coefficient (Wildman–Crippen LogP) is 2.08. The second kappa shape index (κ2) is 4.99. The SMILES string of the molecule is COc1ccccc1C(C)=C(C#N)C(=O)O. The van der Waals surface area contributed by atoms with E-state index >= 15 is 0 Å². The van der Waals surface area contributed by atoms with Crippen molar-refractivity contribution in [1.82, 2.24) is 0 Å². The van der Waals surface area contributed by atoms with Crippen molar-refractivity contribution in [3.8, 4) is 11.8 Å². The summed E-state index contributed by atoms with van der Waals surface area (Å²) in [6.45, 7) is 1.59. The molecule has 0 atom stereocenters. The topological polar surface area (TPSA) is 70.3 Å². The average Bonchev–Trinajstić information content (AvgIpc) is 2.29. The molecule has 4 heteroatoms. The molecular formula is C12H11NO3. The molecule has 0 unspecified atom stereocenters. The minimum atomic E-state index is -1.23. The largest absolute Gasteiger partial charge is 0.496 e. The number of allylic oxidation sites excluding steroid dienone is 1. The minimum absolute atomic E-state index is 0.274. The summed E-state index contributed by atoms with van der Waals surface area (Å²) in [6, 6.07) is 8.65. The Morgan fingerprint density at radius 2 is 2.06 bits per heavy atom. The van der Waals surface area contributed by atoms with E-state index in [1.165, 1.54) is 7.11 Å². The molecule has 16 heavy (non-hydrogen) atoms. The third kappa shape index (κ3) is 2.20. The molecule has 0 aliphatic carbocycles. The number of carboxylic acid groups (broad SMARTS) is 1. The Morgan fingerprint density at radius 3 is 2.56 bits per heavy atom. The van der Waals surface area contributed by atoms with Gasteiger partial charge in [-0.15, -0.1) is 0 Å². The van der Waals surface area contributed by atoms with Crippen molar-refractivity contribution >= 4 is 11.5 Å². The van der Waals surface area contributed by atoms with Gasteiger partial charge in [-0.2, -0.15) is 5.26 Å². The highest BCUT2D eigenvalue weighted by Gasteiger charge is 2.14. The van der Waals surface area contributed by atoms with Crippen molar-refractivity contribution in [2.45, 2.75) is 6.92 Å². The number of carboxylic acids is 1. The summed E-state index contributed by atoms with van der Waals surface area (Å²) in [6.07, 6.45) is 0. The fourth-order valence-electron chi connectivity index (χ4n) is 1.38. The first-order chi connectivity index (χ1) is 7.61. The van der Waals surface area contributed by atoms with Gasteiger partial charge in [-0.05, 0) is 18.6 Å². The van der Waals surface area contributed by atoms with E-state index in [0.717, 1.165) is 0 Å². The summed E-state index contributed by atoms with van der Waals surface area (Å²) < 4.78 is 5.10. The van der Waals surface area contributed by atoms with Crippen LogP contribution in [0.3, 0.4) is 0 Å². The molecule has 1 N–H and O–H groups in total. The zero-order valence-electron chi connectivity index (χ0n) is 9.02. The highest BCUT2D eigenvalue weighted by molar-refractivity contribution is 6.00. The number of nitrogens with zero attached hydrogens (tertiary/aromatic N) is 1. The normalized spacial score (nSPS) is 11.3. The van der Waals surface area contributed by atoms with Crippen LogP contribution in [0.5, 0.6) is 5.75 Å². The minimum Gasteiger partial charge on any atom is -0.496 e. The van der Waals surface area contributed by atoms with Gasteiger partial charge in [0.1, 0.15) is 17.4 Å². The van der Waals surface area contributed by atoms with Gasteiger partial charge in [0.25, 0.3) is 0 Å². The monoisotopic (exact) mass is 217 g/mol. The van der Waals surface area contributed by atoms with Crippen molar-refractivity contribution in [1.29, 1.82) is 5.26 Å². The second-order valence-corrected chi connectivity index (χ2v) is 3.12. The predicted molar refractivity (Wildman–Crippen MR) is 58.8 cm³/mol. The van der Waals surface area contributed by atoms with Crippen LogP contribution < -0.4 is 4.74 Å². The Kier molecular flexibility index (Phi) is 3.67. The van der Waals surface area contributed by atoms with Crippen LogP contribution in [0.15, 0.2) is 29.8 Å². The molecule has 0 radical (unpaired) electrons. The van der Waals surface area contributed by atoms with E-state index in [-0.39, 0.29) is 5.57 Å². The third-order valence-electron chi connectivity index (χ3n) is 2.21. The summed E-state index contributed by atoms with van der Waals surface area (Å²) >= 11 is 0. The van der Waals surface area contributed by atoms with Crippen LogP contribution in [0.1, 0.15) is 12.5 Å². The van der Waals surface area contributed by atoms with Crippen LogP contribution in [0.4, 0.5) is 0 Å².